The van der Waals surface area contributed by atoms with Crippen LogP contribution >= 0.6 is 11.3 Å². The first kappa shape index (κ1) is 22.4. The number of aryl methyl sites for hydroxylation is 2. The van der Waals surface area contributed by atoms with E-state index in [0.29, 0.717) is 20.3 Å². The normalized spacial score (nSPS) is 12.2. The topological polar surface area (TPSA) is 84.4 Å². The molecule has 0 unspecified atom stereocenters. The third-order valence-electron chi connectivity index (χ3n) is 5.11. The van der Waals surface area contributed by atoms with Crippen LogP contribution in [0.4, 0.5) is 5.13 Å². The number of thiazole rings is 1. The van der Waals surface area contributed by atoms with E-state index >= 15 is 0 Å². The number of benzene rings is 3. The third kappa shape index (κ3) is 4.03. The lowest BCUT2D eigenvalue weighted by molar-refractivity contribution is 0.584. The Balaban J connectivity index is 1.95. The van der Waals surface area contributed by atoms with E-state index in [1.54, 1.807) is 48.5 Å². The number of nitrogens with zero attached hydrogens (tertiary/aromatic N) is 2. The molecular formula is C23H22N2O4S3. The maximum absolute atomic E-state index is 13.7. The minimum absolute atomic E-state index is 0.0927. The quantitative estimate of drug-likeness (QED) is 0.367. The molecule has 166 valence electrons. The van der Waals surface area contributed by atoms with E-state index in [9.17, 15) is 16.8 Å². The molecule has 0 saturated carbocycles. The molecule has 0 atom stereocenters. The Hall–Kier alpha value is -2.75. The van der Waals surface area contributed by atoms with Crippen molar-refractivity contribution in [2.45, 2.75) is 36.5 Å². The summed E-state index contributed by atoms with van der Waals surface area (Å²) in [5, 5.41) is -0.118. The highest BCUT2D eigenvalue weighted by Crippen LogP contribution is 2.36. The molecule has 9 heteroatoms. The predicted molar refractivity (Wildman–Crippen MR) is 128 cm³/mol. The number of para-hydroxylation sites is 1. The first-order chi connectivity index (χ1) is 15.3. The van der Waals surface area contributed by atoms with Crippen LogP contribution in [-0.2, 0) is 32.9 Å². The van der Waals surface area contributed by atoms with E-state index in [2.05, 4.69) is 4.98 Å². The fourth-order valence-electron chi connectivity index (χ4n) is 3.29. The fraction of sp³-hybridized carbons (Fsp3) is 0.174. The summed E-state index contributed by atoms with van der Waals surface area (Å²) in [6.45, 7) is 3.87. The van der Waals surface area contributed by atoms with Gasteiger partial charge in [-0.05, 0) is 60.4 Å². The van der Waals surface area contributed by atoms with Crippen molar-refractivity contribution in [2.75, 3.05) is 3.71 Å². The second-order valence-corrected chi connectivity index (χ2v) is 12.0. The number of hydrogen-bond donors (Lipinski definition) is 0. The number of sulfonamides is 2. The van der Waals surface area contributed by atoms with Gasteiger partial charge in [-0.1, -0.05) is 61.6 Å². The molecule has 6 nitrogen and oxygen atoms in total. The predicted octanol–water partition coefficient (Wildman–Crippen LogP) is 5.01. The minimum Gasteiger partial charge on any atom is -0.218 e. The zero-order valence-electron chi connectivity index (χ0n) is 17.6. The average Bonchev–Trinajstić information content (AvgIpc) is 3.21. The number of anilines is 1. The van der Waals surface area contributed by atoms with Crippen LogP contribution in [0.15, 0.2) is 82.6 Å². The van der Waals surface area contributed by atoms with Crippen molar-refractivity contribution < 1.29 is 16.8 Å². The second-order valence-electron chi connectivity index (χ2n) is 7.17. The molecule has 1 heterocycles. The van der Waals surface area contributed by atoms with Crippen molar-refractivity contribution in [1.29, 1.82) is 0 Å². The van der Waals surface area contributed by atoms with Gasteiger partial charge >= 0.3 is 0 Å². The molecule has 0 aliphatic carbocycles. The molecule has 0 aliphatic heterocycles. The van der Waals surface area contributed by atoms with Gasteiger partial charge in [-0.3, -0.25) is 0 Å². The maximum atomic E-state index is 13.7. The van der Waals surface area contributed by atoms with Crippen LogP contribution < -0.4 is 3.71 Å². The Morgan fingerprint density at radius 1 is 0.750 bits per heavy atom. The number of rotatable bonds is 7. The second kappa shape index (κ2) is 8.65. The summed E-state index contributed by atoms with van der Waals surface area (Å²) in [5.74, 6) is 0. The fourth-order valence-corrected chi connectivity index (χ4v) is 8.34. The van der Waals surface area contributed by atoms with Crippen molar-refractivity contribution >= 4 is 46.7 Å². The summed E-state index contributed by atoms with van der Waals surface area (Å²) >= 11 is 1.02. The van der Waals surface area contributed by atoms with Crippen LogP contribution in [0.25, 0.3) is 10.2 Å². The molecule has 3 aromatic carbocycles. The van der Waals surface area contributed by atoms with Crippen LogP contribution in [0.3, 0.4) is 0 Å². The minimum atomic E-state index is -4.46. The summed E-state index contributed by atoms with van der Waals surface area (Å²) in [6.07, 6.45) is 1.36. The highest BCUT2D eigenvalue weighted by molar-refractivity contribution is 8.10. The molecule has 0 saturated heterocycles. The summed E-state index contributed by atoms with van der Waals surface area (Å²) < 4.78 is 56.0. The SMILES string of the molecule is CCc1ccc(S(=O)(=O)N(c2nc3ccccc3s2)S(=O)(=O)c2cccc(CC)c2)cc1. The van der Waals surface area contributed by atoms with E-state index in [-0.39, 0.29) is 14.9 Å². The zero-order valence-corrected chi connectivity index (χ0v) is 20.0. The van der Waals surface area contributed by atoms with Gasteiger partial charge < -0.3 is 0 Å². The highest BCUT2D eigenvalue weighted by Gasteiger charge is 2.39. The number of hydrogen-bond acceptors (Lipinski definition) is 6. The van der Waals surface area contributed by atoms with Crippen LogP contribution in [-0.4, -0.2) is 21.8 Å². The van der Waals surface area contributed by atoms with Gasteiger partial charge in [0.05, 0.1) is 20.0 Å². The van der Waals surface area contributed by atoms with E-state index in [0.717, 1.165) is 28.9 Å². The lowest BCUT2D eigenvalue weighted by atomic mass is 10.2. The number of fused-ring (bicyclic) bond motifs is 1. The van der Waals surface area contributed by atoms with Gasteiger partial charge in [0.15, 0.2) is 0 Å². The Morgan fingerprint density at radius 3 is 2.06 bits per heavy atom. The van der Waals surface area contributed by atoms with Gasteiger partial charge in [-0.15, -0.1) is 3.71 Å². The van der Waals surface area contributed by atoms with Gasteiger partial charge in [0, 0.05) is 0 Å². The molecule has 0 radical (unpaired) electrons. The smallest absolute Gasteiger partial charge is 0.218 e. The Morgan fingerprint density at radius 2 is 1.41 bits per heavy atom. The molecule has 0 bridgehead atoms. The lowest BCUT2D eigenvalue weighted by Gasteiger charge is -2.22. The van der Waals surface area contributed by atoms with Crippen LogP contribution in [0.5, 0.6) is 0 Å². The van der Waals surface area contributed by atoms with E-state index < -0.39 is 20.0 Å². The third-order valence-corrected chi connectivity index (χ3v) is 10.5. The van der Waals surface area contributed by atoms with Gasteiger partial charge in [-0.2, -0.15) is 16.8 Å². The van der Waals surface area contributed by atoms with Crippen molar-refractivity contribution in [1.82, 2.24) is 4.98 Å². The van der Waals surface area contributed by atoms with Gasteiger partial charge in [-0.25, -0.2) is 4.98 Å². The van der Waals surface area contributed by atoms with Crippen LogP contribution in [0.2, 0.25) is 0 Å². The zero-order chi connectivity index (χ0) is 22.9. The summed E-state index contributed by atoms with van der Waals surface area (Å²) in [5.41, 5.74) is 2.28. The maximum Gasteiger partial charge on any atom is 0.279 e. The molecule has 4 rings (SSSR count). The summed E-state index contributed by atoms with van der Waals surface area (Å²) in [7, 11) is -8.92. The standard InChI is InChI=1S/C23H22N2O4S3/c1-3-17-12-14-19(15-13-17)31(26,27)25(23-24-21-10-5-6-11-22(21)30-23)32(28,29)20-9-7-8-18(4-2)16-20/h5-16H,3-4H2,1-2H3. The van der Waals surface area contributed by atoms with Crippen molar-refractivity contribution in [3.8, 4) is 0 Å². The van der Waals surface area contributed by atoms with Crippen molar-refractivity contribution in [2.24, 2.45) is 0 Å². The molecule has 4 aromatic rings. The van der Waals surface area contributed by atoms with E-state index in [4.69, 9.17) is 0 Å². The molecule has 1 aromatic heterocycles. The Labute approximate surface area is 192 Å². The Kier molecular flexibility index (Phi) is 6.07. The number of aromatic nitrogens is 1. The van der Waals surface area contributed by atoms with Gasteiger partial charge in [0.1, 0.15) is 0 Å². The van der Waals surface area contributed by atoms with Crippen LogP contribution in [0, 0.1) is 0 Å². The molecule has 0 aliphatic rings. The van der Waals surface area contributed by atoms with Gasteiger partial charge in [0.2, 0.25) is 5.13 Å². The molecule has 0 N–H and O–H groups in total. The first-order valence-corrected chi connectivity index (χ1v) is 13.8. The highest BCUT2D eigenvalue weighted by atomic mass is 32.3. The molecular weight excluding hydrogens is 464 g/mol. The average molecular weight is 487 g/mol. The Bertz CT molecular complexity index is 1440. The summed E-state index contributed by atoms with van der Waals surface area (Å²) in [4.78, 5) is 4.16. The van der Waals surface area contributed by atoms with Gasteiger partial charge in [0.25, 0.3) is 20.0 Å². The largest absolute Gasteiger partial charge is 0.279 e. The summed E-state index contributed by atoms with van der Waals surface area (Å²) in [6, 6.07) is 19.7. The molecule has 0 spiro atoms. The van der Waals surface area contributed by atoms with Crippen LogP contribution in [0.1, 0.15) is 25.0 Å². The molecule has 32 heavy (non-hydrogen) atoms. The van der Waals surface area contributed by atoms with Crippen molar-refractivity contribution in [3.05, 3.63) is 83.9 Å². The van der Waals surface area contributed by atoms with E-state index in [1.807, 2.05) is 13.8 Å². The van der Waals surface area contributed by atoms with Crippen molar-refractivity contribution in [3.63, 3.8) is 0 Å². The molecule has 0 fully saturated rings. The lowest BCUT2D eigenvalue weighted by Crippen LogP contribution is -2.37. The first-order valence-electron chi connectivity index (χ1n) is 10.1. The van der Waals surface area contributed by atoms with E-state index in [1.165, 1.54) is 24.3 Å². The monoisotopic (exact) mass is 486 g/mol. The molecule has 0 amide bonds.